The lowest BCUT2D eigenvalue weighted by atomic mass is 10.0. The second-order valence-electron chi connectivity index (χ2n) is 4.78. The van der Waals surface area contributed by atoms with Crippen LogP contribution in [0, 0.1) is 0 Å². The molecule has 0 bridgehead atoms. The molecule has 1 unspecified atom stereocenters. The Bertz CT molecular complexity index is 662. The Morgan fingerprint density at radius 3 is 2.45 bits per heavy atom. The highest BCUT2D eigenvalue weighted by Crippen LogP contribution is 2.19. The SMILES string of the molecule is CC(CO)(NC(=O)c1cccc2ccccc12)C(=O)O. The van der Waals surface area contributed by atoms with Gasteiger partial charge in [-0.2, -0.15) is 0 Å². The summed E-state index contributed by atoms with van der Waals surface area (Å²) >= 11 is 0. The molecular formula is C15H15NO4. The molecule has 0 heterocycles. The Balaban J connectivity index is 2.40. The van der Waals surface area contributed by atoms with Crippen molar-refractivity contribution < 1.29 is 19.8 Å². The lowest BCUT2D eigenvalue weighted by Crippen LogP contribution is -2.54. The number of benzene rings is 2. The van der Waals surface area contributed by atoms with E-state index in [1.165, 1.54) is 6.92 Å². The predicted octanol–water partition coefficient (Wildman–Crippen LogP) is 1.41. The van der Waals surface area contributed by atoms with Gasteiger partial charge in [-0.15, -0.1) is 0 Å². The lowest BCUT2D eigenvalue weighted by molar-refractivity contribution is -0.145. The number of hydrogen-bond donors (Lipinski definition) is 3. The summed E-state index contributed by atoms with van der Waals surface area (Å²) < 4.78 is 0. The van der Waals surface area contributed by atoms with E-state index < -0.39 is 24.0 Å². The van der Waals surface area contributed by atoms with Crippen LogP contribution >= 0.6 is 0 Å². The third-order valence-corrected chi connectivity index (χ3v) is 3.21. The minimum Gasteiger partial charge on any atom is -0.479 e. The van der Waals surface area contributed by atoms with Crippen molar-refractivity contribution in [1.82, 2.24) is 5.32 Å². The summed E-state index contributed by atoms with van der Waals surface area (Å²) in [7, 11) is 0. The predicted molar refractivity (Wildman–Crippen MR) is 74.5 cm³/mol. The Morgan fingerprint density at radius 2 is 1.80 bits per heavy atom. The van der Waals surface area contributed by atoms with Crippen molar-refractivity contribution in [2.45, 2.75) is 12.5 Å². The monoisotopic (exact) mass is 273 g/mol. The number of carboxylic acid groups (broad SMARTS) is 1. The van der Waals surface area contributed by atoms with Crippen LogP contribution in [0.1, 0.15) is 17.3 Å². The van der Waals surface area contributed by atoms with Gasteiger partial charge in [0.2, 0.25) is 0 Å². The summed E-state index contributed by atoms with van der Waals surface area (Å²) in [6.45, 7) is 0.581. The molecule has 2 aromatic rings. The fraction of sp³-hybridized carbons (Fsp3) is 0.200. The van der Waals surface area contributed by atoms with E-state index in [-0.39, 0.29) is 0 Å². The molecule has 1 amide bonds. The number of hydrogen-bond acceptors (Lipinski definition) is 3. The van der Waals surface area contributed by atoms with Crippen LogP contribution in [-0.2, 0) is 4.79 Å². The van der Waals surface area contributed by atoms with E-state index in [2.05, 4.69) is 5.32 Å². The summed E-state index contributed by atoms with van der Waals surface area (Å²) in [5, 5.41) is 22.2. The topological polar surface area (TPSA) is 86.6 Å². The molecule has 0 fully saturated rings. The molecule has 104 valence electrons. The molecule has 0 aromatic heterocycles. The first-order valence-corrected chi connectivity index (χ1v) is 6.12. The van der Waals surface area contributed by atoms with Crippen LogP contribution in [-0.4, -0.2) is 34.2 Å². The van der Waals surface area contributed by atoms with Crippen LogP contribution in [0.5, 0.6) is 0 Å². The highest BCUT2D eigenvalue weighted by molar-refractivity contribution is 6.08. The van der Waals surface area contributed by atoms with E-state index in [0.717, 1.165) is 10.8 Å². The summed E-state index contributed by atoms with van der Waals surface area (Å²) in [5.74, 6) is -1.81. The Hall–Kier alpha value is -2.40. The molecule has 20 heavy (non-hydrogen) atoms. The van der Waals surface area contributed by atoms with Gasteiger partial charge in [-0.05, 0) is 23.8 Å². The van der Waals surface area contributed by atoms with Crippen molar-refractivity contribution in [1.29, 1.82) is 0 Å². The average Bonchev–Trinajstić information content (AvgIpc) is 2.46. The molecule has 2 aromatic carbocycles. The maximum absolute atomic E-state index is 12.3. The van der Waals surface area contributed by atoms with Gasteiger partial charge in [-0.3, -0.25) is 4.79 Å². The standard InChI is InChI=1S/C15H15NO4/c1-15(9-17,14(19)20)16-13(18)12-8-4-6-10-5-2-3-7-11(10)12/h2-8,17H,9H2,1H3,(H,16,18)(H,19,20). The van der Waals surface area contributed by atoms with Crippen molar-refractivity contribution >= 4 is 22.6 Å². The van der Waals surface area contributed by atoms with E-state index in [1.54, 1.807) is 18.2 Å². The highest BCUT2D eigenvalue weighted by atomic mass is 16.4. The van der Waals surface area contributed by atoms with Crippen molar-refractivity contribution in [2.75, 3.05) is 6.61 Å². The zero-order valence-electron chi connectivity index (χ0n) is 11.0. The van der Waals surface area contributed by atoms with Crippen molar-refractivity contribution in [3.63, 3.8) is 0 Å². The van der Waals surface area contributed by atoms with E-state index >= 15 is 0 Å². The number of amides is 1. The fourth-order valence-electron chi connectivity index (χ4n) is 1.90. The van der Waals surface area contributed by atoms with Gasteiger partial charge in [0.1, 0.15) is 0 Å². The zero-order valence-corrected chi connectivity index (χ0v) is 11.0. The molecule has 0 aliphatic carbocycles. The number of nitrogens with one attached hydrogen (secondary N) is 1. The normalized spacial score (nSPS) is 13.7. The van der Waals surface area contributed by atoms with Gasteiger partial charge in [0.05, 0.1) is 6.61 Å². The molecule has 0 saturated carbocycles. The molecule has 0 aliphatic heterocycles. The fourth-order valence-corrected chi connectivity index (χ4v) is 1.90. The number of carbonyl (C=O) groups excluding carboxylic acids is 1. The molecular weight excluding hydrogens is 258 g/mol. The average molecular weight is 273 g/mol. The first kappa shape index (κ1) is 14.0. The number of aliphatic hydroxyl groups is 1. The molecule has 0 saturated heterocycles. The number of fused-ring (bicyclic) bond motifs is 1. The lowest BCUT2D eigenvalue weighted by Gasteiger charge is -2.24. The minimum absolute atomic E-state index is 0.379. The minimum atomic E-state index is -1.70. The first-order chi connectivity index (χ1) is 9.48. The maximum Gasteiger partial charge on any atom is 0.331 e. The molecule has 0 aliphatic rings. The number of carboxylic acids is 1. The van der Waals surface area contributed by atoms with Crippen LogP contribution in [0.3, 0.4) is 0 Å². The van der Waals surface area contributed by atoms with Gasteiger partial charge in [-0.1, -0.05) is 36.4 Å². The smallest absolute Gasteiger partial charge is 0.331 e. The van der Waals surface area contributed by atoms with Gasteiger partial charge in [0, 0.05) is 5.56 Å². The van der Waals surface area contributed by atoms with Gasteiger partial charge >= 0.3 is 5.97 Å². The van der Waals surface area contributed by atoms with Crippen molar-refractivity contribution in [3.8, 4) is 0 Å². The van der Waals surface area contributed by atoms with Crippen LogP contribution in [0.15, 0.2) is 42.5 Å². The van der Waals surface area contributed by atoms with Crippen molar-refractivity contribution in [2.24, 2.45) is 0 Å². The van der Waals surface area contributed by atoms with Crippen molar-refractivity contribution in [3.05, 3.63) is 48.0 Å². The maximum atomic E-state index is 12.3. The Labute approximate surface area is 115 Å². The zero-order chi connectivity index (χ0) is 14.8. The van der Waals surface area contributed by atoms with Gasteiger partial charge in [-0.25, -0.2) is 4.79 Å². The highest BCUT2D eigenvalue weighted by Gasteiger charge is 2.34. The molecule has 3 N–H and O–H groups in total. The molecule has 5 heteroatoms. The van der Waals surface area contributed by atoms with Crippen LogP contribution in [0.2, 0.25) is 0 Å². The van der Waals surface area contributed by atoms with Crippen LogP contribution in [0.4, 0.5) is 0 Å². The third kappa shape index (κ3) is 2.48. The number of rotatable bonds is 4. The third-order valence-electron chi connectivity index (χ3n) is 3.21. The van der Waals surface area contributed by atoms with Gasteiger partial charge < -0.3 is 15.5 Å². The Kier molecular flexibility index (Phi) is 3.72. The Morgan fingerprint density at radius 1 is 1.15 bits per heavy atom. The van der Waals surface area contributed by atoms with Gasteiger partial charge in [0.15, 0.2) is 5.54 Å². The molecule has 1 atom stereocenters. The second kappa shape index (κ2) is 5.30. The largest absolute Gasteiger partial charge is 0.479 e. The molecule has 2 rings (SSSR count). The number of aliphatic carboxylic acids is 1. The molecule has 0 spiro atoms. The summed E-state index contributed by atoms with van der Waals surface area (Å²) in [5.41, 5.74) is -1.32. The quantitative estimate of drug-likeness (QED) is 0.786. The molecule has 5 nitrogen and oxygen atoms in total. The number of aliphatic hydroxyl groups excluding tert-OH is 1. The second-order valence-corrected chi connectivity index (χ2v) is 4.78. The summed E-state index contributed by atoms with van der Waals surface area (Å²) in [4.78, 5) is 23.4. The van der Waals surface area contributed by atoms with E-state index in [0.29, 0.717) is 5.56 Å². The van der Waals surface area contributed by atoms with Crippen LogP contribution < -0.4 is 5.32 Å². The number of carbonyl (C=O) groups is 2. The summed E-state index contributed by atoms with van der Waals surface area (Å²) in [6.07, 6.45) is 0. The van der Waals surface area contributed by atoms with E-state index in [4.69, 9.17) is 10.2 Å². The van der Waals surface area contributed by atoms with Crippen LogP contribution in [0.25, 0.3) is 10.8 Å². The first-order valence-electron chi connectivity index (χ1n) is 6.12. The summed E-state index contributed by atoms with van der Waals surface area (Å²) in [6, 6.07) is 12.6. The van der Waals surface area contributed by atoms with E-state index in [9.17, 15) is 9.59 Å². The van der Waals surface area contributed by atoms with E-state index in [1.807, 2.05) is 24.3 Å². The molecule has 0 radical (unpaired) electrons. The van der Waals surface area contributed by atoms with Gasteiger partial charge in [0.25, 0.3) is 5.91 Å².